The number of anilines is 1. The molecule has 0 aliphatic heterocycles. The van der Waals surface area contributed by atoms with Crippen molar-refractivity contribution in [2.24, 2.45) is 12.1 Å². The number of hydrazone groups is 1. The zero-order valence-corrected chi connectivity index (χ0v) is 11.5. The van der Waals surface area contributed by atoms with Gasteiger partial charge < -0.3 is 0 Å². The molecule has 2 aromatic heterocycles. The Morgan fingerprint density at radius 1 is 1.47 bits per heavy atom. The van der Waals surface area contributed by atoms with Crippen LogP contribution in [0.1, 0.15) is 31.9 Å². The number of nitrogens with zero attached hydrogens (tertiary/aromatic N) is 5. The van der Waals surface area contributed by atoms with E-state index in [-0.39, 0.29) is 0 Å². The Hall–Kier alpha value is -2.24. The van der Waals surface area contributed by atoms with Gasteiger partial charge in [-0.3, -0.25) is 10.1 Å². The van der Waals surface area contributed by atoms with E-state index in [0.717, 1.165) is 23.4 Å². The number of aryl methyl sites for hydroxylation is 1. The van der Waals surface area contributed by atoms with E-state index in [2.05, 4.69) is 46.2 Å². The van der Waals surface area contributed by atoms with E-state index in [0.29, 0.717) is 11.7 Å². The molecule has 2 heterocycles. The quantitative estimate of drug-likeness (QED) is 0.660. The molecule has 1 unspecified atom stereocenters. The van der Waals surface area contributed by atoms with E-state index in [1.807, 2.05) is 13.2 Å². The fourth-order valence-electron chi connectivity index (χ4n) is 1.79. The second-order valence-electron chi connectivity index (χ2n) is 4.47. The monoisotopic (exact) mass is 258 g/mol. The van der Waals surface area contributed by atoms with Crippen molar-refractivity contribution in [3.05, 3.63) is 24.3 Å². The van der Waals surface area contributed by atoms with Crippen LogP contribution >= 0.6 is 0 Å². The fourth-order valence-corrected chi connectivity index (χ4v) is 1.79. The molecule has 6 heteroatoms. The molecule has 0 saturated heterocycles. The van der Waals surface area contributed by atoms with Gasteiger partial charge in [0.2, 0.25) is 0 Å². The van der Waals surface area contributed by atoms with Crippen LogP contribution in [0.3, 0.4) is 0 Å². The molecular weight excluding hydrogens is 240 g/mol. The Morgan fingerprint density at radius 3 is 2.84 bits per heavy atom. The van der Waals surface area contributed by atoms with E-state index < -0.39 is 0 Å². The average molecular weight is 258 g/mol. The van der Waals surface area contributed by atoms with Gasteiger partial charge in [0.05, 0.1) is 23.8 Å². The molecule has 6 nitrogen and oxygen atoms in total. The first-order valence-electron chi connectivity index (χ1n) is 6.23. The molecule has 0 aliphatic carbocycles. The molecular formula is C13H18N6. The van der Waals surface area contributed by atoms with Gasteiger partial charge in [-0.05, 0) is 6.42 Å². The van der Waals surface area contributed by atoms with Crippen LogP contribution in [0, 0.1) is 0 Å². The summed E-state index contributed by atoms with van der Waals surface area (Å²) in [5.74, 6) is 0.963. The van der Waals surface area contributed by atoms with Gasteiger partial charge in [-0.1, -0.05) is 13.8 Å². The lowest BCUT2D eigenvalue weighted by Crippen LogP contribution is -2.05. The molecule has 1 N–H and O–H groups in total. The van der Waals surface area contributed by atoms with E-state index in [1.165, 1.54) is 0 Å². The van der Waals surface area contributed by atoms with E-state index >= 15 is 0 Å². The maximum atomic E-state index is 4.68. The minimum atomic E-state index is 0.299. The Labute approximate surface area is 112 Å². The molecule has 0 aliphatic rings. The van der Waals surface area contributed by atoms with Gasteiger partial charge in [-0.25, -0.2) is 9.97 Å². The fraction of sp³-hybridized carbons (Fsp3) is 0.385. The lowest BCUT2D eigenvalue weighted by atomic mass is 10.0. The van der Waals surface area contributed by atoms with Crippen molar-refractivity contribution >= 4 is 12.5 Å². The van der Waals surface area contributed by atoms with Crippen LogP contribution in [-0.2, 0) is 7.05 Å². The minimum Gasteiger partial charge on any atom is -0.275 e. The third-order valence-electron chi connectivity index (χ3n) is 3.06. The highest BCUT2D eigenvalue weighted by Crippen LogP contribution is 2.26. The molecule has 0 bridgehead atoms. The number of aromatic nitrogens is 4. The summed E-state index contributed by atoms with van der Waals surface area (Å²) >= 11 is 0. The molecule has 0 radical (unpaired) electrons. The van der Waals surface area contributed by atoms with Gasteiger partial charge in [-0.15, -0.1) is 0 Å². The highest BCUT2D eigenvalue weighted by Gasteiger charge is 2.14. The smallest absolute Gasteiger partial charge is 0.168 e. The van der Waals surface area contributed by atoms with E-state index in [1.54, 1.807) is 17.1 Å². The number of rotatable bonds is 5. The lowest BCUT2D eigenvalue weighted by molar-refractivity contribution is 0.706. The second kappa shape index (κ2) is 5.60. The van der Waals surface area contributed by atoms with Crippen molar-refractivity contribution in [1.29, 1.82) is 0 Å². The van der Waals surface area contributed by atoms with Crippen LogP contribution in [0.25, 0.3) is 11.3 Å². The van der Waals surface area contributed by atoms with Crippen molar-refractivity contribution in [2.75, 3.05) is 5.43 Å². The van der Waals surface area contributed by atoms with Gasteiger partial charge in [0.25, 0.3) is 0 Å². The SMILES string of the molecule is C=NNc1ncc(-c2cnn(C)c2)nc1C(C)CC. The maximum Gasteiger partial charge on any atom is 0.168 e. The molecule has 19 heavy (non-hydrogen) atoms. The highest BCUT2D eigenvalue weighted by atomic mass is 15.3. The van der Waals surface area contributed by atoms with E-state index in [9.17, 15) is 0 Å². The van der Waals surface area contributed by atoms with Gasteiger partial charge in [0.15, 0.2) is 5.82 Å². The van der Waals surface area contributed by atoms with Crippen molar-refractivity contribution < 1.29 is 0 Å². The van der Waals surface area contributed by atoms with E-state index in [4.69, 9.17) is 0 Å². The van der Waals surface area contributed by atoms with Crippen molar-refractivity contribution in [3.8, 4) is 11.3 Å². The van der Waals surface area contributed by atoms with Gasteiger partial charge >= 0.3 is 0 Å². The largest absolute Gasteiger partial charge is 0.275 e. The van der Waals surface area contributed by atoms with Crippen LogP contribution in [0.15, 0.2) is 23.7 Å². The van der Waals surface area contributed by atoms with Crippen LogP contribution in [-0.4, -0.2) is 26.5 Å². The number of hydrogen-bond donors (Lipinski definition) is 1. The minimum absolute atomic E-state index is 0.299. The Balaban J connectivity index is 2.45. The average Bonchev–Trinajstić information content (AvgIpc) is 2.85. The van der Waals surface area contributed by atoms with Crippen LogP contribution in [0.5, 0.6) is 0 Å². The van der Waals surface area contributed by atoms with Crippen molar-refractivity contribution in [2.45, 2.75) is 26.2 Å². The van der Waals surface area contributed by atoms with Gasteiger partial charge in [0.1, 0.15) is 0 Å². The predicted molar refractivity (Wildman–Crippen MR) is 76.1 cm³/mol. The Bertz CT molecular complexity index is 574. The first kappa shape index (κ1) is 13.2. The van der Waals surface area contributed by atoms with Gasteiger partial charge in [0, 0.05) is 31.4 Å². The highest BCUT2D eigenvalue weighted by molar-refractivity contribution is 5.58. The molecule has 1 atom stereocenters. The predicted octanol–water partition coefficient (Wildman–Crippen LogP) is 2.42. The Morgan fingerprint density at radius 2 is 2.26 bits per heavy atom. The molecule has 0 spiro atoms. The first-order valence-corrected chi connectivity index (χ1v) is 6.23. The zero-order chi connectivity index (χ0) is 13.8. The van der Waals surface area contributed by atoms with Crippen molar-refractivity contribution in [1.82, 2.24) is 19.7 Å². The summed E-state index contributed by atoms with van der Waals surface area (Å²) in [7, 11) is 1.88. The second-order valence-corrected chi connectivity index (χ2v) is 4.47. The number of hydrogen-bond acceptors (Lipinski definition) is 5. The molecule has 0 amide bonds. The summed E-state index contributed by atoms with van der Waals surface area (Å²) in [6.45, 7) is 7.66. The topological polar surface area (TPSA) is 68.0 Å². The first-order chi connectivity index (χ1) is 9.15. The molecule has 2 aromatic rings. The molecule has 0 aromatic carbocycles. The molecule has 0 saturated carbocycles. The Kier molecular flexibility index (Phi) is 3.89. The standard InChI is InChI=1S/C13H18N6/c1-5-9(2)12-13(18-14-3)15-7-11(17-12)10-6-16-19(4)8-10/h6-9H,3,5H2,1-2,4H3,(H,15,18). The number of nitrogens with one attached hydrogen (secondary N) is 1. The van der Waals surface area contributed by atoms with Crippen LogP contribution in [0.4, 0.5) is 5.82 Å². The normalized spacial score (nSPS) is 12.2. The summed E-state index contributed by atoms with van der Waals surface area (Å²) < 4.78 is 1.75. The summed E-state index contributed by atoms with van der Waals surface area (Å²) in [6.07, 6.45) is 6.40. The summed E-state index contributed by atoms with van der Waals surface area (Å²) in [5, 5.41) is 7.82. The molecule has 100 valence electrons. The van der Waals surface area contributed by atoms with Crippen LogP contribution < -0.4 is 5.43 Å². The molecule has 2 rings (SSSR count). The third-order valence-corrected chi connectivity index (χ3v) is 3.06. The molecule has 0 fully saturated rings. The summed E-state index contributed by atoms with van der Waals surface area (Å²) in [5.41, 5.74) is 5.47. The van der Waals surface area contributed by atoms with Crippen molar-refractivity contribution in [3.63, 3.8) is 0 Å². The van der Waals surface area contributed by atoms with Gasteiger partial charge in [-0.2, -0.15) is 10.2 Å². The van der Waals surface area contributed by atoms with Crippen LogP contribution in [0.2, 0.25) is 0 Å². The summed E-state index contributed by atoms with van der Waals surface area (Å²) in [6, 6.07) is 0. The maximum absolute atomic E-state index is 4.68. The zero-order valence-electron chi connectivity index (χ0n) is 11.5. The lowest BCUT2D eigenvalue weighted by Gasteiger charge is -2.13. The third kappa shape index (κ3) is 2.78. The summed E-state index contributed by atoms with van der Waals surface area (Å²) in [4.78, 5) is 9.06.